The third-order valence-corrected chi connectivity index (χ3v) is 3.60. The van der Waals surface area contributed by atoms with Gasteiger partial charge in [0.05, 0.1) is 28.1 Å². The topological polar surface area (TPSA) is 92.9 Å². The summed E-state index contributed by atoms with van der Waals surface area (Å²) in [6, 6.07) is 6.65. The highest BCUT2D eigenvalue weighted by Crippen LogP contribution is 2.30. The summed E-state index contributed by atoms with van der Waals surface area (Å²) in [5, 5.41) is 9.98. The Morgan fingerprint density at radius 2 is 1.88 bits per heavy atom. The van der Waals surface area contributed by atoms with E-state index < -0.39 is 5.91 Å². The molecule has 0 spiro atoms. The van der Waals surface area contributed by atoms with E-state index in [2.05, 4.69) is 25.8 Å². The van der Waals surface area contributed by atoms with Crippen molar-refractivity contribution in [2.45, 2.75) is 6.92 Å². The van der Waals surface area contributed by atoms with Crippen LogP contribution >= 0.6 is 23.2 Å². The molecular formula is C15H11Cl2N5O2. The maximum atomic E-state index is 12.2. The fraction of sp³-hybridized carbons (Fsp3) is 0.0667. The number of hydrogen-bond acceptors (Lipinski definition) is 6. The maximum absolute atomic E-state index is 12.2. The van der Waals surface area contributed by atoms with Gasteiger partial charge in [-0.1, -0.05) is 34.4 Å². The summed E-state index contributed by atoms with van der Waals surface area (Å²) < 4.78 is 4.94. The number of hydrogen-bond donors (Lipinski definition) is 2. The third-order valence-electron chi connectivity index (χ3n) is 2.97. The van der Waals surface area contributed by atoms with Gasteiger partial charge in [0.15, 0.2) is 5.82 Å². The molecule has 0 bridgehead atoms. The molecule has 9 heteroatoms. The van der Waals surface area contributed by atoms with Crippen LogP contribution in [0.25, 0.3) is 0 Å². The van der Waals surface area contributed by atoms with Gasteiger partial charge < -0.3 is 15.2 Å². The van der Waals surface area contributed by atoms with E-state index in [-0.39, 0.29) is 5.69 Å². The van der Waals surface area contributed by atoms with E-state index in [1.165, 1.54) is 12.4 Å². The molecule has 24 heavy (non-hydrogen) atoms. The second kappa shape index (κ2) is 6.86. The Kier molecular flexibility index (Phi) is 4.64. The minimum absolute atomic E-state index is 0.118. The third kappa shape index (κ3) is 3.64. The molecule has 2 heterocycles. The molecule has 1 aromatic carbocycles. The number of rotatable bonds is 4. The lowest BCUT2D eigenvalue weighted by Gasteiger charge is -2.08. The zero-order valence-electron chi connectivity index (χ0n) is 12.4. The average molecular weight is 364 g/mol. The zero-order chi connectivity index (χ0) is 17.1. The summed E-state index contributed by atoms with van der Waals surface area (Å²) in [6.45, 7) is 1.77. The summed E-state index contributed by atoms with van der Waals surface area (Å²) in [5.74, 6) is 1.12. The van der Waals surface area contributed by atoms with Crippen molar-refractivity contribution >= 4 is 46.4 Å². The van der Waals surface area contributed by atoms with Crippen molar-refractivity contribution in [3.05, 3.63) is 58.2 Å². The number of benzene rings is 1. The highest BCUT2D eigenvalue weighted by molar-refractivity contribution is 6.39. The van der Waals surface area contributed by atoms with Crippen molar-refractivity contribution in [1.82, 2.24) is 15.1 Å². The molecule has 3 rings (SSSR count). The molecule has 0 fully saturated rings. The molecule has 2 aromatic heterocycles. The van der Waals surface area contributed by atoms with Gasteiger partial charge in [-0.3, -0.25) is 4.79 Å². The van der Waals surface area contributed by atoms with E-state index in [1.807, 2.05) is 0 Å². The van der Waals surface area contributed by atoms with Crippen LogP contribution in [-0.2, 0) is 0 Å². The lowest BCUT2D eigenvalue weighted by atomic mass is 10.3. The van der Waals surface area contributed by atoms with E-state index >= 15 is 0 Å². The van der Waals surface area contributed by atoms with Crippen molar-refractivity contribution < 1.29 is 9.32 Å². The fourth-order valence-corrected chi connectivity index (χ4v) is 2.35. The van der Waals surface area contributed by atoms with Gasteiger partial charge in [-0.25, -0.2) is 9.97 Å². The van der Waals surface area contributed by atoms with Crippen LogP contribution < -0.4 is 10.6 Å². The Morgan fingerprint density at radius 3 is 2.46 bits per heavy atom. The van der Waals surface area contributed by atoms with E-state index in [0.29, 0.717) is 33.1 Å². The first-order chi connectivity index (χ1) is 11.5. The molecule has 2 N–H and O–H groups in total. The second-order valence-electron chi connectivity index (χ2n) is 4.79. The zero-order valence-corrected chi connectivity index (χ0v) is 13.9. The van der Waals surface area contributed by atoms with Gasteiger partial charge in [0.2, 0.25) is 0 Å². The summed E-state index contributed by atoms with van der Waals surface area (Å²) in [6.07, 6.45) is 2.74. The van der Waals surface area contributed by atoms with Crippen LogP contribution in [0.4, 0.5) is 17.3 Å². The van der Waals surface area contributed by atoms with Crippen LogP contribution in [0.3, 0.4) is 0 Å². The number of halogens is 2. The fourth-order valence-electron chi connectivity index (χ4n) is 1.86. The molecule has 0 saturated heterocycles. The quantitative estimate of drug-likeness (QED) is 0.725. The molecule has 122 valence electrons. The molecule has 0 atom stereocenters. The summed E-state index contributed by atoms with van der Waals surface area (Å²) >= 11 is 12.0. The van der Waals surface area contributed by atoms with Gasteiger partial charge in [-0.2, -0.15) is 0 Å². The summed E-state index contributed by atoms with van der Waals surface area (Å²) in [7, 11) is 0. The van der Waals surface area contributed by atoms with Crippen molar-refractivity contribution in [3.63, 3.8) is 0 Å². The summed E-state index contributed by atoms with van der Waals surface area (Å²) in [5.41, 5.74) is 0.445. The standard InChI is InChI=1S/C15H11Cl2N5O2/c1-8-5-12(22-24-8)20-13-7-18-11(6-19-13)15(23)21-14-9(16)3-2-4-10(14)17/h2-7H,1H3,(H,21,23)(H,19,20,22). The minimum Gasteiger partial charge on any atom is -0.360 e. The molecule has 0 aliphatic heterocycles. The molecule has 0 aliphatic carbocycles. The van der Waals surface area contributed by atoms with Crippen LogP contribution in [0.1, 0.15) is 16.2 Å². The maximum Gasteiger partial charge on any atom is 0.275 e. The molecule has 0 saturated carbocycles. The predicted molar refractivity (Wildman–Crippen MR) is 91.0 cm³/mol. The highest BCUT2D eigenvalue weighted by Gasteiger charge is 2.13. The number of anilines is 3. The van der Waals surface area contributed by atoms with Gasteiger partial charge in [0.25, 0.3) is 5.91 Å². The average Bonchev–Trinajstić information content (AvgIpc) is 2.96. The number of aromatic nitrogens is 3. The van der Waals surface area contributed by atoms with E-state index in [4.69, 9.17) is 27.7 Å². The lowest BCUT2D eigenvalue weighted by molar-refractivity contribution is 0.102. The van der Waals surface area contributed by atoms with E-state index in [9.17, 15) is 4.79 Å². The predicted octanol–water partition coefficient (Wildman–Crippen LogP) is 4.08. The van der Waals surface area contributed by atoms with E-state index in [0.717, 1.165) is 0 Å². The number of carbonyl (C=O) groups is 1. The minimum atomic E-state index is -0.471. The van der Waals surface area contributed by atoms with Crippen molar-refractivity contribution in [2.24, 2.45) is 0 Å². The van der Waals surface area contributed by atoms with Crippen LogP contribution in [0.5, 0.6) is 0 Å². The first-order valence-electron chi connectivity index (χ1n) is 6.80. The van der Waals surface area contributed by atoms with Crippen LogP contribution in [-0.4, -0.2) is 21.0 Å². The van der Waals surface area contributed by atoms with Gasteiger partial charge in [0.1, 0.15) is 17.3 Å². The molecule has 0 aliphatic rings. The second-order valence-corrected chi connectivity index (χ2v) is 5.60. The molecule has 3 aromatic rings. The van der Waals surface area contributed by atoms with Gasteiger partial charge in [-0.15, -0.1) is 0 Å². The molecule has 7 nitrogen and oxygen atoms in total. The Morgan fingerprint density at radius 1 is 1.12 bits per heavy atom. The van der Waals surface area contributed by atoms with Gasteiger partial charge in [0, 0.05) is 6.07 Å². The first kappa shape index (κ1) is 16.2. The van der Waals surface area contributed by atoms with Gasteiger partial charge >= 0.3 is 0 Å². The smallest absolute Gasteiger partial charge is 0.275 e. The monoisotopic (exact) mass is 363 g/mol. The SMILES string of the molecule is Cc1cc(Nc2cnc(C(=O)Nc3c(Cl)cccc3Cl)cn2)no1. The van der Waals surface area contributed by atoms with Crippen molar-refractivity contribution in [2.75, 3.05) is 10.6 Å². The Labute approximate surface area is 147 Å². The summed E-state index contributed by atoms with van der Waals surface area (Å²) in [4.78, 5) is 20.4. The number of nitrogens with zero attached hydrogens (tertiary/aromatic N) is 3. The van der Waals surface area contributed by atoms with E-state index in [1.54, 1.807) is 31.2 Å². The number of para-hydroxylation sites is 1. The van der Waals surface area contributed by atoms with Crippen molar-refractivity contribution in [3.8, 4) is 0 Å². The Balaban J connectivity index is 1.72. The number of nitrogens with one attached hydrogen (secondary N) is 2. The molecular weight excluding hydrogens is 353 g/mol. The largest absolute Gasteiger partial charge is 0.360 e. The van der Waals surface area contributed by atoms with Crippen LogP contribution in [0, 0.1) is 6.92 Å². The van der Waals surface area contributed by atoms with Crippen LogP contribution in [0.15, 0.2) is 41.2 Å². The Hall–Kier alpha value is -2.64. The number of carbonyl (C=O) groups excluding carboxylic acids is 1. The normalized spacial score (nSPS) is 10.5. The molecule has 1 amide bonds. The molecule has 0 radical (unpaired) electrons. The highest BCUT2D eigenvalue weighted by atomic mass is 35.5. The number of aryl methyl sites for hydroxylation is 1. The lowest BCUT2D eigenvalue weighted by Crippen LogP contribution is -2.15. The first-order valence-corrected chi connectivity index (χ1v) is 7.56. The van der Waals surface area contributed by atoms with Gasteiger partial charge in [-0.05, 0) is 19.1 Å². The van der Waals surface area contributed by atoms with Crippen LogP contribution in [0.2, 0.25) is 10.0 Å². The number of amides is 1. The molecule has 0 unspecified atom stereocenters. The Bertz CT molecular complexity index is 860. The van der Waals surface area contributed by atoms with Crippen molar-refractivity contribution in [1.29, 1.82) is 0 Å².